The van der Waals surface area contributed by atoms with Gasteiger partial charge in [-0.1, -0.05) is 12.1 Å². The molecule has 2 nitrogen and oxygen atoms in total. The predicted octanol–water partition coefficient (Wildman–Crippen LogP) is 3.53. The zero-order valence-electron chi connectivity index (χ0n) is 7.96. The SMILES string of the molecule is Cl.N[C@H](CC(F)(F)F)c1cccc(Br)c1O. The summed E-state index contributed by atoms with van der Waals surface area (Å²) in [5, 5.41) is 9.47. The van der Waals surface area contributed by atoms with Crippen LogP contribution in [0.4, 0.5) is 13.2 Å². The van der Waals surface area contributed by atoms with Crippen LogP contribution in [0.15, 0.2) is 22.7 Å². The summed E-state index contributed by atoms with van der Waals surface area (Å²) in [6.07, 6.45) is -5.49. The van der Waals surface area contributed by atoms with Gasteiger partial charge in [-0.05, 0) is 22.0 Å². The number of phenolic OH excluding ortho intramolecular Hbond substituents is 1. The van der Waals surface area contributed by atoms with Crippen molar-refractivity contribution >= 4 is 28.3 Å². The third-order valence-electron chi connectivity index (χ3n) is 1.87. The number of phenols is 1. The molecule has 0 fully saturated rings. The predicted molar refractivity (Wildman–Crippen MR) is 60.7 cm³/mol. The first-order chi connectivity index (χ1) is 6.81. The molecule has 1 rings (SSSR count). The van der Waals surface area contributed by atoms with E-state index in [2.05, 4.69) is 15.9 Å². The summed E-state index contributed by atoms with van der Waals surface area (Å²) >= 11 is 3.01. The number of rotatable bonds is 2. The first-order valence-electron chi connectivity index (χ1n) is 4.11. The lowest BCUT2D eigenvalue weighted by Gasteiger charge is -2.16. The van der Waals surface area contributed by atoms with Crippen molar-refractivity contribution in [2.45, 2.75) is 18.6 Å². The zero-order valence-corrected chi connectivity index (χ0v) is 10.4. The molecule has 92 valence electrons. The van der Waals surface area contributed by atoms with Gasteiger partial charge in [0.05, 0.1) is 10.9 Å². The van der Waals surface area contributed by atoms with Crippen molar-refractivity contribution in [2.75, 3.05) is 0 Å². The molecule has 16 heavy (non-hydrogen) atoms. The lowest BCUT2D eigenvalue weighted by atomic mass is 10.0. The molecule has 0 aromatic heterocycles. The highest BCUT2D eigenvalue weighted by molar-refractivity contribution is 9.10. The highest BCUT2D eigenvalue weighted by Gasteiger charge is 2.31. The Morgan fingerprint density at radius 3 is 2.44 bits per heavy atom. The monoisotopic (exact) mass is 319 g/mol. The van der Waals surface area contributed by atoms with Crippen LogP contribution in [0.5, 0.6) is 5.75 Å². The number of aromatic hydroxyl groups is 1. The van der Waals surface area contributed by atoms with Gasteiger partial charge in [0.25, 0.3) is 0 Å². The molecule has 1 aromatic carbocycles. The Kier molecular flexibility index (Phi) is 5.58. The third-order valence-corrected chi connectivity index (χ3v) is 2.51. The van der Waals surface area contributed by atoms with Gasteiger partial charge >= 0.3 is 6.18 Å². The fourth-order valence-corrected chi connectivity index (χ4v) is 1.57. The van der Waals surface area contributed by atoms with Crippen molar-refractivity contribution in [3.05, 3.63) is 28.2 Å². The summed E-state index contributed by atoms with van der Waals surface area (Å²) in [4.78, 5) is 0. The van der Waals surface area contributed by atoms with E-state index in [9.17, 15) is 18.3 Å². The largest absolute Gasteiger partial charge is 0.506 e. The molecule has 0 saturated heterocycles. The van der Waals surface area contributed by atoms with E-state index < -0.39 is 18.6 Å². The molecular weight excluding hydrogens is 310 g/mol. The van der Waals surface area contributed by atoms with Crippen molar-refractivity contribution in [3.8, 4) is 5.75 Å². The van der Waals surface area contributed by atoms with Gasteiger partial charge in [0.1, 0.15) is 5.75 Å². The highest BCUT2D eigenvalue weighted by atomic mass is 79.9. The number of nitrogens with two attached hydrogens (primary N) is 1. The maximum Gasteiger partial charge on any atom is 0.390 e. The second kappa shape index (κ2) is 5.75. The van der Waals surface area contributed by atoms with Gasteiger partial charge in [-0.2, -0.15) is 13.2 Å². The summed E-state index contributed by atoms with van der Waals surface area (Å²) in [6.45, 7) is 0. The molecule has 0 unspecified atom stereocenters. The number of para-hydroxylation sites is 1. The van der Waals surface area contributed by atoms with Gasteiger partial charge in [0.15, 0.2) is 0 Å². The van der Waals surface area contributed by atoms with E-state index in [0.29, 0.717) is 4.47 Å². The van der Waals surface area contributed by atoms with E-state index in [1.165, 1.54) is 18.2 Å². The first kappa shape index (κ1) is 15.5. The lowest BCUT2D eigenvalue weighted by Crippen LogP contribution is -2.20. The molecule has 0 heterocycles. The first-order valence-corrected chi connectivity index (χ1v) is 4.90. The standard InChI is InChI=1S/C9H9BrF3NO.ClH/c10-6-3-1-2-5(8(6)15)7(14)4-9(11,12)13;/h1-3,7,15H,4,14H2;1H/t7-;/m1./s1. The molecular formula is C9H10BrClF3NO. The van der Waals surface area contributed by atoms with Gasteiger partial charge in [0, 0.05) is 11.6 Å². The van der Waals surface area contributed by atoms with Crippen LogP contribution >= 0.6 is 28.3 Å². The van der Waals surface area contributed by atoms with E-state index >= 15 is 0 Å². The Hall–Kier alpha value is -0.460. The minimum Gasteiger partial charge on any atom is -0.506 e. The molecule has 0 aliphatic rings. The van der Waals surface area contributed by atoms with Crippen molar-refractivity contribution in [1.29, 1.82) is 0 Å². The second-order valence-electron chi connectivity index (χ2n) is 3.10. The van der Waals surface area contributed by atoms with Crippen LogP contribution in [-0.2, 0) is 0 Å². The molecule has 0 radical (unpaired) electrons. The van der Waals surface area contributed by atoms with Crippen LogP contribution in [0, 0.1) is 0 Å². The topological polar surface area (TPSA) is 46.2 Å². The number of hydrogen-bond donors (Lipinski definition) is 2. The molecule has 0 amide bonds. The average molecular weight is 321 g/mol. The van der Waals surface area contributed by atoms with Crippen molar-refractivity contribution < 1.29 is 18.3 Å². The average Bonchev–Trinajstić information content (AvgIpc) is 2.06. The van der Waals surface area contributed by atoms with Gasteiger partial charge in [-0.15, -0.1) is 12.4 Å². The summed E-state index contributed by atoms with van der Waals surface area (Å²) in [5.41, 5.74) is 5.43. The van der Waals surface area contributed by atoms with Crippen LogP contribution < -0.4 is 5.73 Å². The summed E-state index contributed by atoms with van der Waals surface area (Å²) in [7, 11) is 0. The minimum atomic E-state index is -4.34. The molecule has 0 saturated carbocycles. The summed E-state index contributed by atoms with van der Waals surface area (Å²) < 4.78 is 36.5. The number of hydrogen-bond acceptors (Lipinski definition) is 2. The summed E-state index contributed by atoms with van der Waals surface area (Å²) in [5.74, 6) is -0.241. The number of alkyl halides is 3. The van der Waals surface area contributed by atoms with Crippen LogP contribution in [0.25, 0.3) is 0 Å². The Balaban J connectivity index is 0.00000225. The van der Waals surface area contributed by atoms with Crippen LogP contribution in [0.3, 0.4) is 0 Å². The van der Waals surface area contributed by atoms with Gasteiger partial charge in [-0.25, -0.2) is 0 Å². The molecule has 0 spiro atoms. The Morgan fingerprint density at radius 1 is 1.38 bits per heavy atom. The molecule has 0 aliphatic carbocycles. The smallest absolute Gasteiger partial charge is 0.390 e. The maximum atomic E-state index is 12.1. The zero-order chi connectivity index (χ0) is 11.6. The molecule has 1 atom stereocenters. The molecule has 1 aromatic rings. The Labute approximate surface area is 105 Å². The second-order valence-corrected chi connectivity index (χ2v) is 3.96. The minimum absolute atomic E-state index is 0. The van der Waals surface area contributed by atoms with Crippen LogP contribution in [0.1, 0.15) is 18.0 Å². The van der Waals surface area contributed by atoms with Gasteiger partial charge < -0.3 is 10.8 Å². The molecule has 3 N–H and O–H groups in total. The fourth-order valence-electron chi connectivity index (χ4n) is 1.19. The van der Waals surface area contributed by atoms with Gasteiger partial charge in [0.2, 0.25) is 0 Å². The van der Waals surface area contributed by atoms with E-state index in [-0.39, 0.29) is 23.7 Å². The van der Waals surface area contributed by atoms with E-state index in [1.54, 1.807) is 0 Å². The summed E-state index contributed by atoms with van der Waals surface area (Å²) in [6, 6.07) is 3.17. The molecule has 0 bridgehead atoms. The van der Waals surface area contributed by atoms with E-state index in [4.69, 9.17) is 5.73 Å². The highest BCUT2D eigenvalue weighted by Crippen LogP contribution is 2.35. The number of benzene rings is 1. The van der Waals surface area contributed by atoms with E-state index in [0.717, 1.165) is 0 Å². The van der Waals surface area contributed by atoms with E-state index in [1.807, 2.05) is 0 Å². The normalized spacial score (nSPS) is 13.1. The van der Waals surface area contributed by atoms with Crippen LogP contribution in [-0.4, -0.2) is 11.3 Å². The quantitative estimate of drug-likeness (QED) is 0.875. The molecule has 0 aliphatic heterocycles. The van der Waals surface area contributed by atoms with Gasteiger partial charge in [-0.3, -0.25) is 0 Å². The Bertz CT molecular complexity index is 359. The van der Waals surface area contributed by atoms with Crippen molar-refractivity contribution in [2.24, 2.45) is 5.73 Å². The molecule has 7 heteroatoms. The Morgan fingerprint density at radius 2 is 1.94 bits per heavy atom. The fraction of sp³-hybridized carbons (Fsp3) is 0.333. The lowest BCUT2D eigenvalue weighted by molar-refractivity contribution is -0.138. The van der Waals surface area contributed by atoms with Crippen LogP contribution in [0.2, 0.25) is 0 Å². The third kappa shape index (κ3) is 4.19. The maximum absolute atomic E-state index is 12.1. The number of halogens is 5. The van der Waals surface area contributed by atoms with Crippen molar-refractivity contribution in [3.63, 3.8) is 0 Å². The van der Waals surface area contributed by atoms with Crippen molar-refractivity contribution in [1.82, 2.24) is 0 Å².